The van der Waals surface area contributed by atoms with E-state index in [4.69, 9.17) is 5.73 Å². The zero-order chi connectivity index (χ0) is 9.84. The molecular weight excluding hydrogens is 169 g/mol. The van der Waals surface area contributed by atoms with Gasteiger partial charge in [-0.25, -0.2) is 4.39 Å². The smallest absolute Gasteiger partial charge is 0.179 e. The molecule has 3 heteroatoms. The molecule has 0 aliphatic rings. The van der Waals surface area contributed by atoms with Gasteiger partial charge in [0.25, 0.3) is 0 Å². The number of hydrogen-bond donors (Lipinski definition) is 1. The lowest BCUT2D eigenvalue weighted by Crippen LogP contribution is -2.29. The minimum absolute atomic E-state index is 0.137. The Bertz CT molecular complexity index is 294. The average Bonchev–Trinajstić information content (AvgIpc) is 2.17. The molecule has 1 rings (SSSR count). The summed E-state index contributed by atoms with van der Waals surface area (Å²) < 4.78 is 12.5. The third-order valence-corrected chi connectivity index (χ3v) is 1.91. The fourth-order valence-electron chi connectivity index (χ4n) is 1.01. The fraction of sp³-hybridized carbons (Fsp3) is 0.300. The Morgan fingerprint density at radius 3 is 2.46 bits per heavy atom. The number of hydrogen-bond acceptors (Lipinski definition) is 2. The van der Waals surface area contributed by atoms with E-state index in [0.717, 1.165) is 0 Å². The summed E-state index contributed by atoms with van der Waals surface area (Å²) in [6, 6.07) is 4.94. The van der Waals surface area contributed by atoms with Crippen LogP contribution < -0.4 is 5.73 Å². The van der Waals surface area contributed by atoms with E-state index in [2.05, 4.69) is 0 Å². The van der Waals surface area contributed by atoms with Gasteiger partial charge in [0.1, 0.15) is 5.82 Å². The molecular formula is C10H12FNO. The van der Waals surface area contributed by atoms with Crippen molar-refractivity contribution in [2.75, 3.05) is 0 Å². The standard InChI is InChI=1S/C10H12FNO/c1-2-9(12)10(13)7-3-5-8(11)6-4-7/h3-6,9H,2,12H2,1H3/t9-/m1/s1. The molecule has 1 atom stereocenters. The second-order valence-corrected chi connectivity index (χ2v) is 2.89. The number of benzene rings is 1. The van der Waals surface area contributed by atoms with Gasteiger partial charge in [-0.1, -0.05) is 6.92 Å². The Kier molecular flexibility index (Phi) is 3.14. The first-order valence-corrected chi connectivity index (χ1v) is 4.20. The van der Waals surface area contributed by atoms with Crippen molar-refractivity contribution in [2.45, 2.75) is 19.4 Å². The van der Waals surface area contributed by atoms with Crippen LogP contribution in [0.15, 0.2) is 24.3 Å². The van der Waals surface area contributed by atoms with Crippen LogP contribution in [0.5, 0.6) is 0 Å². The van der Waals surface area contributed by atoms with Crippen molar-refractivity contribution in [3.63, 3.8) is 0 Å². The van der Waals surface area contributed by atoms with Gasteiger partial charge in [0, 0.05) is 5.56 Å². The van der Waals surface area contributed by atoms with Gasteiger partial charge in [0.05, 0.1) is 6.04 Å². The van der Waals surface area contributed by atoms with Gasteiger partial charge in [-0.3, -0.25) is 4.79 Å². The van der Waals surface area contributed by atoms with E-state index in [1.54, 1.807) is 0 Å². The van der Waals surface area contributed by atoms with E-state index in [-0.39, 0.29) is 11.6 Å². The third kappa shape index (κ3) is 2.36. The Labute approximate surface area is 76.6 Å². The Morgan fingerprint density at radius 1 is 1.46 bits per heavy atom. The molecule has 1 aromatic carbocycles. The first-order valence-electron chi connectivity index (χ1n) is 4.20. The van der Waals surface area contributed by atoms with Crippen LogP contribution in [0.3, 0.4) is 0 Å². The maximum absolute atomic E-state index is 12.5. The first-order chi connectivity index (χ1) is 6.15. The molecule has 1 aromatic rings. The predicted molar refractivity (Wildman–Crippen MR) is 49.0 cm³/mol. The van der Waals surface area contributed by atoms with Crippen molar-refractivity contribution in [3.05, 3.63) is 35.6 Å². The third-order valence-electron chi connectivity index (χ3n) is 1.91. The van der Waals surface area contributed by atoms with Crippen molar-refractivity contribution < 1.29 is 9.18 Å². The molecule has 2 N–H and O–H groups in total. The van der Waals surface area contributed by atoms with E-state index >= 15 is 0 Å². The fourth-order valence-corrected chi connectivity index (χ4v) is 1.01. The minimum Gasteiger partial charge on any atom is -0.321 e. The van der Waals surface area contributed by atoms with Crippen molar-refractivity contribution in [1.82, 2.24) is 0 Å². The number of Topliss-reactive ketones (excluding diaryl/α,β-unsaturated/α-hetero) is 1. The Morgan fingerprint density at radius 2 is 2.00 bits per heavy atom. The van der Waals surface area contributed by atoms with Gasteiger partial charge < -0.3 is 5.73 Å². The monoisotopic (exact) mass is 181 g/mol. The summed E-state index contributed by atoms with van der Waals surface area (Å²) in [5.74, 6) is -0.482. The molecule has 0 spiro atoms. The Hall–Kier alpha value is -1.22. The minimum atomic E-state index is -0.481. The summed E-state index contributed by atoms with van der Waals surface area (Å²) in [4.78, 5) is 11.4. The molecule has 0 radical (unpaired) electrons. The number of carbonyl (C=O) groups is 1. The molecule has 70 valence electrons. The van der Waals surface area contributed by atoms with Crippen molar-refractivity contribution in [2.24, 2.45) is 5.73 Å². The van der Waals surface area contributed by atoms with Crippen molar-refractivity contribution >= 4 is 5.78 Å². The van der Waals surface area contributed by atoms with Crippen LogP contribution in [0.2, 0.25) is 0 Å². The van der Waals surface area contributed by atoms with Crippen LogP contribution in [-0.4, -0.2) is 11.8 Å². The summed E-state index contributed by atoms with van der Waals surface area (Å²) in [5.41, 5.74) is 6.01. The summed E-state index contributed by atoms with van der Waals surface area (Å²) in [6.07, 6.45) is 0.593. The number of ketones is 1. The number of nitrogens with two attached hydrogens (primary N) is 1. The van der Waals surface area contributed by atoms with E-state index in [0.29, 0.717) is 12.0 Å². The summed E-state index contributed by atoms with van der Waals surface area (Å²) >= 11 is 0. The van der Waals surface area contributed by atoms with Gasteiger partial charge in [0.15, 0.2) is 5.78 Å². The molecule has 0 aliphatic heterocycles. The van der Waals surface area contributed by atoms with Crippen LogP contribution in [-0.2, 0) is 0 Å². The first kappa shape index (κ1) is 9.86. The average molecular weight is 181 g/mol. The van der Waals surface area contributed by atoms with Crippen molar-refractivity contribution in [1.29, 1.82) is 0 Å². The van der Waals surface area contributed by atoms with Crippen LogP contribution in [0.25, 0.3) is 0 Å². The highest BCUT2D eigenvalue weighted by Crippen LogP contribution is 2.06. The van der Waals surface area contributed by atoms with E-state index in [1.165, 1.54) is 24.3 Å². The molecule has 0 aliphatic carbocycles. The number of rotatable bonds is 3. The SMILES string of the molecule is CC[C@@H](N)C(=O)c1ccc(F)cc1. The highest BCUT2D eigenvalue weighted by Gasteiger charge is 2.12. The predicted octanol–water partition coefficient (Wildman–Crippen LogP) is 1.75. The van der Waals surface area contributed by atoms with Crippen LogP contribution in [0.1, 0.15) is 23.7 Å². The second kappa shape index (κ2) is 4.14. The molecule has 2 nitrogen and oxygen atoms in total. The van der Waals surface area contributed by atoms with Crippen molar-refractivity contribution in [3.8, 4) is 0 Å². The van der Waals surface area contributed by atoms with Crippen LogP contribution >= 0.6 is 0 Å². The second-order valence-electron chi connectivity index (χ2n) is 2.89. The van der Waals surface area contributed by atoms with Gasteiger partial charge in [-0.2, -0.15) is 0 Å². The number of carbonyl (C=O) groups excluding carboxylic acids is 1. The lowest BCUT2D eigenvalue weighted by molar-refractivity contribution is 0.0959. The largest absolute Gasteiger partial charge is 0.321 e. The molecule has 0 saturated heterocycles. The molecule has 0 bridgehead atoms. The zero-order valence-corrected chi connectivity index (χ0v) is 7.46. The van der Waals surface area contributed by atoms with Crippen LogP contribution in [0, 0.1) is 5.82 Å². The Balaban J connectivity index is 2.83. The maximum atomic E-state index is 12.5. The summed E-state index contributed by atoms with van der Waals surface area (Å²) in [6.45, 7) is 1.84. The van der Waals surface area contributed by atoms with Gasteiger partial charge in [0.2, 0.25) is 0 Å². The molecule has 0 amide bonds. The topological polar surface area (TPSA) is 43.1 Å². The summed E-state index contributed by atoms with van der Waals surface area (Å²) in [7, 11) is 0. The summed E-state index contributed by atoms with van der Waals surface area (Å²) in [5, 5.41) is 0. The highest BCUT2D eigenvalue weighted by atomic mass is 19.1. The van der Waals surface area contributed by atoms with Gasteiger partial charge >= 0.3 is 0 Å². The van der Waals surface area contributed by atoms with E-state index < -0.39 is 6.04 Å². The van der Waals surface area contributed by atoms with Crippen LogP contribution in [0.4, 0.5) is 4.39 Å². The molecule has 0 fully saturated rings. The number of halogens is 1. The van der Waals surface area contributed by atoms with E-state index in [9.17, 15) is 9.18 Å². The highest BCUT2D eigenvalue weighted by molar-refractivity contribution is 5.99. The van der Waals surface area contributed by atoms with Gasteiger partial charge in [-0.15, -0.1) is 0 Å². The van der Waals surface area contributed by atoms with E-state index in [1.807, 2.05) is 6.92 Å². The van der Waals surface area contributed by atoms with Gasteiger partial charge in [-0.05, 0) is 30.7 Å². The molecule has 13 heavy (non-hydrogen) atoms. The molecule has 0 aromatic heterocycles. The maximum Gasteiger partial charge on any atom is 0.179 e. The quantitative estimate of drug-likeness (QED) is 0.722. The normalized spacial score (nSPS) is 12.5. The molecule has 0 saturated carbocycles. The lowest BCUT2D eigenvalue weighted by atomic mass is 10.0. The molecule has 0 heterocycles. The zero-order valence-electron chi connectivity index (χ0n) is 7.46. The molecule has 0 unspecified atom stereocenters. The lowest BCUT2D eigenvalue weighted by Gasteiger charge is -2.06.